The molecule has 2 N–H and O–H groups in total. The van der Waals surface area contributed by atoms with Gasteiger partial charge in [0.25, 0.3) is 0 Å². The monoisotopic (exact) mass is 706 g/mol. The maximum absolute atomic E-state index is 13.3. The van der Waals surface area contributed by atoms with Crippen molar-refractivity contribution in [1.82, 2.24) is 4.90 Å². The molecule has 2 aromatic carbocycles. The van der Waals surface area contributed by atoms with E-state index in [-0.39, 0.29) is 57.0 Å². The number of hydrogen-bond acceptors (Lipinski definition) is 6. The van der Waals surface area contributed by atoms with Gasteiger partial charge in [-0.3, -0.25) is 14.5 Å². The molecule has 1 aliphatic rings. The van der Waals surface area contributed by atoms with Gasteiger partial charge in [-0.05, 0) is 95.6 Å². The third-order valence-corrected chi connectivity index (χ3v) is 10.7. The van der Waals surface area contributed by atoms with Crippen LogP contribution in [0.5, 0.6) is 11.5 Å². The van der Waals surface area contributed by atoms with Gasteiger partial charge in [0.05, 0.1) is 0 Å². The van der Waals surface area contributed by atoms with E-state index >= 15 is 0 Å². The van der Waals surface area contributed by atoms with E-state index in [1.165, 1.54) is 0 Å². The molecule has 0 spiro atoms. The standard InChI is InChI=1S/C45H71NO5/c1-40(2,3)33-23-29(24-34(38(33)49)41(4,5)6)17-19-31(47)21-22-46-44(13,14)27-32(28-45(46,15)16)51-37(48)20-18-30-25-35(42(7,8)9)39(50)36(26-30)43(10,11)12/h23-26,32,49-50H,17-22,27-28H2,1-16H3. The van der Waals surface area contributed by atoms with E-state index in [1.807, 2.05) is 12.1 Å². The molecule has 0 aliphatic carbocycles. The quantitative estimate of drug-likeness (QED) is 0.239. The number of rotatable bonds is 10. The third kappa shape index (κ3) is 10.8. The third-order valence-electron chi connectivity index (χ3n) is 10.7. The minimum absolute atomic E-state index is 0.198. The highest BCUT2D eigenvalue weighted by Gasteiger charge is 2.46. The number of aromatic hydroxyl groups is 2. The Bertz CT molecular complexity index is 1480. The molecule has 0 radical (unpaired) electrons. The second-order valence-corrected chi connectivity index (χ2v) is 20.7. The molecule has 51 heavy (non-hydrogen) atoms. The molecule has 286 valence electrons. The van der Waals surface area contributed by atoms with E-state index in [0.717, 1.165) is 33.4 Å². The molecule has 0 amide bonds. The number of aryl methyl sites for hydroxylation is 2. The van der Waals surface area contributed by atoms with Crippen LogP contribution in [-0.2, 0) is 48.8 Å². The SMILES string of the molecule is CC(C)(C)c1cc(CCC(=O)CCN2C(C)(C)CC(OC(=O)CCc3cc(C(C)(C)C)c(O)c(C(C)(C)C)c3)CC2(C)C)cc(C(C)(C)C)c1O. The Labute approximate surface area is 310 Å². The summed E-state index contributed by atoms with van der Waals surface area (Å²) in [7, 11) is 0. The average Bonchev–Trinajstić information content (AvgIpc) is 2.92. The lowest BCUT2D eigenvalue weighted by atomic mass is 9.77. The van der Waals surface area contributed by atoms with Gasteiger partial charge < -0.3 is 14.9 Å². The fourth-order valence-corrected chi connectivity index (χ4v) is 8.02. The molecule has 1 fully saturated rings. The first-order chi connectivity index (χ1) is 22.9. The van der Waals surface area contributed by atoms with Gasteiger partial charge in [-0.1, -0.05) is 107 Å². The molecular formula is C45H71NO5. The van der Waals surface area contributed by atoms with Crippen LogP contribution in [0.15, 0.2) is 24.3 Å². The van der Waals surface area contributed by atoms with Crippen molar-refractivity contribution < 1.29 is 24.5 Å². The van der Waals surface area contributed by atoms with Crippen LogP contribution in [0.3, 0.4) is 0 Å². The molecule has 6 heteroatoms. The van der Waals surface area contributed by atoms with Crippen LogP contribution >= 0.6 is 0 Å². The Kier molecular flexibility index (Phi) is 12.4. The maximum atomic E-state index is 13.3. The zero-order valence-electron chi connectivity index (χ0n) is 35.1. The highest BCUT2D eigenvalue weighted by molar-refractivity contribution is 5.79. The van der Waals surface area contributed by atoms with E-state index in [1.54, 1.807) is 0 Å². The molecule has 0 unspecified atom stereocenters. The van der Waals surface area contributed by atoms with E-state index < -0.39 is 0 Å². The lowest BCUT2D eigenvalue weighted by Crippen LogP contribution is -2.62. The summed E-state index contributed by atoms with van der Waals surface area (Å²) >= 11 is 0. The first-order valence-corrected chi connectivity index (χ1v) is 19.2. The molecule has 1 heterocycles. The molecule has 3 rings (SSSR count). The highest BCUT2D eigenvalue weighted by Crippen LogP contribution is 2.43. The molecule has 2 aromatic rings. The number of Topliss-reactive ketones (excluding diaryl/α,β-unsaturated/α-hetero) is 1. The zero-order chi connectivity index (χ0) is 39.1. The number of phenols is 2. The Hall–Kier alpha value is -2.86. The van der Waals surface area contributed by atoms with E-state index in [2.05, 4.69) is 128 Å². The average molecular weight is 706 g/mol. The lowest BCUT2D eigenvalue weighted by Gasteiger charge is -2.55. The summed E-state index contributed by atoms with van der Waals surface area (Å²) in [6, 6.07) is 8.24. The number of likely N-dealkylation sites (tertiary alicyclic amines) is 1. The number of piperidine rings is 1. The number of ether oxygens (including phenoxy) is 1. The molecular weight excluding hydrogens is 634 g/mol. The van der Waals surface area contributed by atoms with Gasteiger partial charge in [-0.2, -0.15) is 0 Å². The van der Waals surface area contributed by atoms with Crippen molar-refractivity contribution >= 4 is 11.8 Å². The van der Waals surface area contributed by atoms with E-state index in [4.69, 9.17) is 4.74 Å². The minimum atomic E-state index is -0.257. The minimum Gasteiger partial charge on any atom is -0.507 e. The van der Waals surface area contributed by atoms with Crippen molar-refractivity contribution in [2.75, 3.05) is 6.54 Å². The number of esters is 1. The summed E-state index contributed by atoms with van der Waals surface area (Å²) in [5.41, 5.74) is 4.40. The van der Waals surface area contributed by atoms with Crippen molar-refractivity contribution in [2.24, 2.45) is 0 Å². The van der Waals surface area contributed by atoms with Gasteiger partial charge in [0.15, 0.2) is 0 Å². The van der Waals surface area contributed by atoms with Gasteiger partial charge >= 0.3 is 5.97 Å². The van der Waals surface area contributed by atoms with Crippen molar-refractivity contribution in [2.45, 2.75) is 195 Å². The summed E-state index contributed by atoms with van der Waals surface area (Å²) in [6.45, 7) is 34.7. The Morgan fingerprint density at radius 3 is 1.29 bits per heavy atom. The molecule has 0 atom stereocenters. The van der Waals surface area contributed by atoms with Gasteiger partial charge in [-0.25, -0.2) is 0 Å². The summed E-state index contributed by atoms with van der Waals surface area (Å²) in [6.07, 6.45) is 3.62. The highest BCUT2D eigenvalue weighted by atomic mass is 16.5. The Morgan fingerprint density at radius 1 is 0.627 bits per heavy atom. The Morgan fingerprint density at radius 2 is 0.961 bits per heavy atom. The Balaban J connectivity index is 1.63. The zero-order valence-corrected chi connectivity index (χ0v) is 35.1. The fraction of sp³-hybridized carbons (Fsp3) is 0.689. The van der Waals surface area contributed by atoms with E-state index in [0.29, 0.717) is 56.6 Å². The molecule has 1 aliphatic heterocycles. The summed E-state index contributed by atoms with van der Waals surface area (Å²) in [5, 5.41) is 22.2. The molecule has 0 aromatic heterocycles. The molecule has 0 bridgehead atoms. The number of phenolic OH excluding ortho intramolecular Hbond substituents is 2. The number of nitrogens with zero attached hydrogens (tertiary/aromatic N) is 1. The number of ketones is 1. The smallest absolute Gasteiger partial charge is 0.306 e. The second-order valence-electron chi connectivity index (χ2n) is 20.7. The molecule has 0 saturated carbocycles. The van der Waals surface area contributed by atoms with Crippen molar-refractivity contribution in [3.05, 3.63) is 57.6 Å². The van der Waals surface area contributed by atoms with Crippen LogP contribution in [-0.4, -0.2) is 50.6 Å². The van der Waals surface area contributed by atoms with Gasteiger partial charge in [0.2, 0.25) is 0 Å². The number of hydrogen-bond donors (Lipinski definition) is 2. The molecule has 1 saturated heterocycles. The maximum Gasteiger partial charge on any atom is 0.306 e. The summed E-state index contributed by atoms with van der Waals surface area (Å²) in [4.78, 5) is 29.0. The first-order valence-electron chi connectivity index (χ1n) is 19.2. The van der Waals surface area contributed by atoms with Crippen molar-refractivity contribution in [3.8, 4) is 11.5 Å². The predicted molar refractivity (Wildman–Crippen MR) is 211 cm³/mol. The van der Waals surface area contributed by atoms with Crippen LogP contribution in [0.4, 0.5) is 0 Å². The van der Waals surface area contributed by atoms with E-state index in [9.17, 15) is 19.8 Å². The number of benzene rings is 2. The largest absolute Gasteiger partial charge is 0.507 e. The van der Waals surface area contributed by atoms with Crippen LogP contribution < -0.4 is 0 Å². The first kappa shape index (κ1) is 42.6. The lowest BCUT2D eigenvalue weighted by molar-refractivity contribution is -0.160. The van der Waals surface area contributed by atoms with Gasteiger partial charge in [0.1, 0.15) is 23.4 Å². The topological polar surface area (TPSA) is 87.1 Å². The van der Waals surface area contributed by atoms with Crippen molar-refractivity contribution in [3.63, 3.8) is 0 Å². The van der Waals surface area contributed by atoms with Crippen LogP contribution in [0, 0.1) is 0 Å². The van der Waals surface area contributed by atoms with Crippen LogP contribution in [0.2, 0.25) is 0 Å². The van der Waals surface area contributed by atoms with Gasteiger partial charge in [0, 0.05) is 49.7 Å². The van der Waals surface area contributed by atoms with Gasteiger partial charge in [-0.15, -0.1) is 0 Å². The normalized spacial score (nSPS) is 17.4. The summed E-state index contributed by atoms with van der Waals surface area (Å²) in [5.74, 6) is 0.749. The fourth-order valence-electron chi connectivity index (χ4n) is 8.02. The predicted octanol–water partition coefficient (Wildman–Crippen LogP) is 10.4. The number of carbonyl (C=O) groups is 2. The van der Waals surface area contributed by atoms with Crippen molar-refractivity contribution in [1.29, 1.82) is 0 Å². The van der Waals surface area contributed by atoms with Crippen LogP contribution in [0.1, 0.15) is 176 Å². The van der Waals surface area contributed by atoms with Crippen LogP contribution in [0.25, 0.3) is 0 Å². The number of carbonyl (C=O) groups excluding carboxylic acids is 2. The second kappa shape index (κ2) is 14.9. The molecule has 6 nitrogen and oxygen atoms in total. The summed E-state index contributed by atoms with van der Waals surface area (Å²) < 4.78 is 6.14.